The maximum absolute atomic E-state index is 12.2. The van der Waals surface area contributed by atoms with Crippen LogP contribution in [0.2, 0.25) is 5.15 Å². The van der Waals surface area contributed by atoms with E-state index in [1.54, 1.807) is 17.2 Å². The van der Waals surface area contributed by atoms with Gasteiger partial charge in [-0.3, -0.25) is 4.98 Å². The molecule has 3 heterocycles. The van der Waals surface area contributed by atoms with Crippen molar-refractivity contribution < 1.29 is 19.0 Å². The summed E-state index contributed by atoms with van der Waals surface area (Å²) in [7, 11) is 0. The number of carbonyl (C=O) groups excluding carboxylic acids is 1. The molecule has 0 bridgehead atoms. The molecule has 0 saturated carbocycles. The summed E-state index contributed by atoms with van der Waals surface area (Å²) in [6.45, 7) is 7.09. The van der Waals surface area contributed by atoms with Crippen LogP contribution in [0.25, 0.3) is 10.9 Å². The molecular formula is C18H22ClN3O4. The number of aromatic nitrogens is 2. The summed E-state index contributed by atoms with van der Waals surface area (Å²) in [4.78, 5) is 22.3. The number of fused-ring (bicyclic) bond motifs is 1. The minimum Gasteiger partial charge on any atom is -0.474 e. The molecule has 0 aromatic carbocycles. The highest BCUT2D eigenvalue weighted by atomic mass is 35.5. The van der Waals surface area contributed by atoms with Crippen LogP contribution < -0.4 is 4.74 Å². The molecule has 2 aromatic rings. The lowest BCUT2D eigenvalue weighted by molar-refractivity contribution is -0.0559. The van der Waals surface area contributed by atoms with Gasteiger partial charge in [0.15, 0.2) is 0 Å². The van der Waals surface area contributed by atoms with E-state index in [1.165, 1.54) is 0 Å². The summed E-state index contributed by atoms with van der Waals surface area (Å²) in [5.41, 5.74) is 0.181. The molecule has 1 amide bonds. The van der Waals surface area contributed by atoms with Gasteiger partial charge in [-0.05, 0) is 32.9 Å². The van der Waals surface area contributed by atoms with Gasteiger partial charge >= 0.3 is 6.09 Å². The average molecular weight is 380 g/mol. The summed E-state index contributed by atoms with van der Waals surface area (Å²) < 4.78 is 16.9. The maximum Gasteiger partial charge on any atom is 0.410 e. The molecule has 1 aliphatic heterocycles. The molecule has 2 aromatic heterocycles. The summed E-state index contributed by atoms with van der Waals surface area (Å²) >= 11 is 6.04. The number of nitrogens with zero attached hydrogens (tertiary/aromatic N) is 3. The number of morpholine rings is 1. The summed E-state index contributed by atoms with van der Waals surface area (Å²) in [5, 5.41) is 1.09. The van der Waals surface area contributed by atoms with Crippen LogP contribution in [0.1, 0.15) is 20.8 Å². The van der Waals surface area contributed by atoms with Crippen molar-refractivity contribution in [2.24, 2.45) is 0 Å². The van der Waals surface area contributed by atoms with Crippen molar-refractivity contribution in [1.82, 2.24) is 14.9 Å². The normalized spacial score (nSPS) is 18.0. The van der Waals surface area contributed by atoms with Crippen molar-refractivity contribution in [2.45, 2.75) is 32.5 Å². The molecule has 7 nitrogen and oxygen atoms in total. The Labute approximate surface area is 157 Å². The highest BCUT2D eigenvalue weighted by Crippen LogP contribution is 2.25. The fraction of sp³-hybridized carbons (Fsp3) is 0.500. The van der Waals surface area contributed by atoms with Gasteiger partial charge in [0, 0.05) is 18.8 Å². The predicted octanol–water partition coefficient (Wildman–Crippen LogP) is 3.30. The lowest BCUT2D eigenvalue weighted by Gasteiger charge is -2.34. The molecule has 0 unspecified atom stereocenters. The standard InChI is InChI=1S/C18H22ClN3O4/c1-18(2,3)26-17(23)22-7-8-24-12(10-22)11-25-16-13-5-4-6-20-14(13)9-15(19)21-16/h4-6,9,12H,7-8,10-11H2,1-3H3/t12-/m1/s1. The van der Waals surface area contributed by atoms with Gasteiger partial charge < -0.3 is 19.1 Å². The second-order valence-corrected chi connectivity index (χ2v) is 7.44. The molecule has 1 atom stereocenters. The molecule has 1 fully saturated rings. The van der Waals surface area contributed by atoms with Gasteiger partial charge in [0.2, 0.25) is 5.88 Å². The second kappa shape index (κ2) is 7.63. The Hall–Kier alpha value is -2.12. The number of hydrogen-bond donors (Lipinski definition) is 0. The Morgan fingerprint density at radius 1 is 1.46 bits per heavy atom. The van der Waals surface area contributed by atoms with Gasteiger partial charge in [-0.1, -0.05) is 11.6 Å². The van der Waals surface area contributed by atoms with Crippen molar-refractivity contribution in [2.75, 3.05) is 26.3 Å². The van der Waals surface area contributed by atoms with E-state index in [9.17, 15) is 4.79 Å². The summed E-state index contributed by atoms with van der Waals surface area (Å²) in [6.07, 6.45) is 1.07. The third-order valence-corrected chi connectivity index (χ3v) is 3.92. The van der Waals surface area contributed by atoms with Crippen LogP contribution in [0.5, 0.6) is 5.88 Å². The van der Waals surface area contributed by atoms with Gasteiger partial charge in [-0.15, -0.1) is 0 Å². The van der Waals surface area contributed by atoms with Crippen LogP contribution in [0.15, 0.2) is 24.4 Å². The highest BCUT2D eigenvalue weighted by Gasteiger charge is 2.28. The number of carbonyl (C=O) groups is 1. The number of hydrogen-bond acceptors (Lipinski definition) is 6. The van der Waals surface area contributed by atoms with Gasteiger partial charge in [0.05, 0.1) is 24.1 Å². The number of halogens is 1. The topological polar surface area (TPSA) is 73.8 Å². The van der Waals surface area contributed by atoms with Crippen LogP contribution in [-0.2, 0) is 9.47 Å². The molecule has 0 N–H and O–H groups in total. The van der Waals surface area contributed by atoms with E-state index in [4.69, 9.17) is 25.8 Å². The van der Waals surface area contributed by atoms with E-state index in [2.05, 4.69) is 9.97 Å². The van der Waals surface area contributed by atoms with Gasteiger partial charge in [-0.2, -0.15) is 0 Å². The first-order valence-electron chi connectivity index (χ1n) is 8.45. The summed E-state index contributed by atoms with van der Waals surface area (Å²) in [5.74, 6) is 0.401. The Kier molecular flexibility index (Phi) is 5.48. The molecule has 1 aliphatic rings. The number of pyridine rings is 2. The van der Waals surface area contributed by atoms with Crippen LogP contribution in [0.4, 0.5) is 4.79 Å². The molecule has 0 radical (unpaired) electrons. The molecule has 0 aliphatic carbocycles. The molecule has 26 heavy (non-hydrogen) atoms. The smallest absolute Gasteiger partial charge is 0.410 e. The highest BCUT2D eigenvalue weighted by molar-refractivity contribution is 6.30. The molecule has 8 heteroatoms. The average Bonchev–Trinajstić information content (AvgIpc) is 2.58. The Morgan fingerprint density at radius 3 is 3.04 bits per heavy atom. The van der Waals surface area contributed by atoms with E-state index in [-0.39, 0.29) is 18.8 Å². The maximum atomic E-state index is 12.2. The second-order valence-electron chi connectivity index (χ2n) is 7.05. The first-order valence-corrected chi connectivity index (χ1v) is 8.83. The van der Waals surface area contributed by atoms with E-state index in [0.717, 1.165) is 5.39 Å². The Balaban J connectivity index is 1.64. The quantitative estimate of drug-likeness (QED) is 0.762. The summed E-state index contributed by atoms with van der Waals surface area (Å²) in [6, 6.07) is 5.37. The first kappa shape index (κ1) is 18.7. The van der Waals surface area contributed by atoms with E-state index in [0.29, 0.717) is 36.2 Å². The van der Waals surface area contributed by atoms with Crippen molar-refractivity contribution in [3.63, 3.8) is 0 Å². The minimum atomic E-state index is -0.530. The van der Waals surface area contributed by atoms with Crippen molar-refractivity contribution in [3.05, 3.63) is 29.5 Å². The van der Waals surface area contributed by atoms with Crippen LogP contribution in [-0.4, -0.2) is 59.0 Å². The molecule has 0 spiro atoms. The zero-order valence-electron chi connectivity index (χ0n) is 15.1. The van der Waals surface area contributed by atoms with E-state index in [1.807, 2.05) is 32.9 Å². The Bertz CT molecular complexity index is 794. The Morgan fingerprint density at radius 2 is 2.27 bits per heavy atom. The fourth-order valence-corrected chi connectivity index (χ4v) is 2.79. The van der Waals surface area contributed by atoms with Crippen LogP contribution >= 0.6 is 11.6 Å². The predicted molar refractivity (Wildman–Crippen MR) is 97.6 cm³/mol. The molecule has 3 rings (SSSR count). The third-order valence-electron chi connectivity index (χ3n) is 3.73. The van der Waals surface area contributed by atoms with Crippen molar-refractivity contribution in [1.29, 1.82) is 0 Å². The molecular weight excluding hydrogens is 358 g/mol. The number of amides is 1. The van der Waals surface area contributed by atoms with E-state index >= 15 is 0 Å². The van der Waals surface area contributed by atoms with Crippen LogP contribution in [0.3, 0.4) is 0 Å². The van der Waals surface area contributed by atoms with Crippen molar-refractivity contribution >= 4 is 28.6 Å². The van der Waals surface area contributed by atoms with Gasteiger partial charge in [0.25, 0.3) is 0 Å². The first-order chi connectivity index (χ1) is 12.3. The minimum absolute atomic E-state index is 0.247. The van der Waals surface area contributed by atoms with Crippen LogP contribution in [0, 0.1) is 0 Å². The number of ether oxygens (including phenoxy) is 3. The molecule has 1 saturated heterocycles. The third kappa shape index (κ3) is 4.74. The van der Waals surface area contributed by atoms with E-state index < -0.39 is 5.60 Å². The fourth-order valence-electron chi connectivity index (χ4n) is 2.61. The largest absolute Gasteiger partial charge is 0.474 e. The molecule has 140 valence electrons. The number of rotatable bonds is 3. The van der Waals surface area contributed by atoms with Gasteiger partial charge in [-0.25, -0.2) is 9.78 Å². The lowest BCUT2D eigenvalue weighted by Crippen LogP contribution is -2.49. The zero-order valence-corrected chi connectivity index (χ0v) is 15.8. The SMILES string of the molecule is CC(C)(C)OC(=O)N1CCO[C@@H](COc2nc(Cl)cc3ncccc23)C1. The monoisotopic (exact) mass is 379 g/mol. The van der Waals surface area contributed by atoms with Crippen molar-refractivity contribution in [3.8, 4) is 5.88 Å². The zero-order chi connectivity index (χ0) is 18.7. The lowest BCUT2D eigenvalue weighted by atomic mass is 10.2. The van der Waals surface area contributed by atoms with Gasteiger partial charge in [0.1, 0.15) is 23.5 Å².